The minimum absolute atomic E-state index is 0.128. The Morgan fingerprint density at radius 1 is 1.14 bits per heavy atom. The third-order valence-electron chi connectivity index (χ3n) is 5.92. The van der Waals surface area contributed by atoms with Crippen LogP contribution in [-0.2, 0) is 6.54 Å². The summed E-state index contributed by atoms with van der Waals surface area (Å²) in [7, 11) is 0. The average molecular weight is 383 g/mol. The van der Waals surface area contributed by atoms with Crippen LogP contribution in [0.5, 0.6) is 0 Å². The van der Waals surface area contributed by atoms with E-state index in [1.54, 1.807) is 11.6 Å². The minimum atomic E-state index is -0.593. The van der Waals surface area contributed by atoms with E-state index >= 15 is 0 Å². The summed E-state index contributed by atoms with van der Waals surface area (Å²) in [5, 5.41) is 17.7. The fourth-order valence-electron chi connectivity index (χ4n) is 4.15. The Morgan fingerprint density at radius 2 is 1.82 bits per heavy atom. The van der Waals surface area contributed by atoms with Crippen LogP contribution in [0.2, 0.25) is 0 Å². The molecule has 28 heavy (non-hydrogen) atoms. The van der Waals surface area contributed by atoms with E-state index in [0.717, 1.165) is 51.1 Å². The van der Waals surface area contributed by atoms with Gasteiger partial charge in [-0.1, -0.05) is 5.21 Å². The molecular weight excluding hydrogens is 354 g/mol. The number of carbonyl (C=O) groups is 1. The van der Waals surface area contributed by atoms with Crippen LogP contribution in [0.25, 0.3) is 0 Å². The van der Waals surface area contributed by atoms with Crippen LogP contribution in [0, 0.1) is 5.92 Å². The predicted molar refractivity (Wildman–Crippen MR) is 107 cm³/mol. The number of hydrogen-bond acceptors (Lipinski definition) is 5. The molecular formula is C21H29N5O2. The fraction of sp³-hybridized carbons (Fsp3) is 0.571. The maximum absolute atomic E-state index is 12.8. The Balaban J connectivity index is 1.29. The summed E-state index contributed by atoms with van der Waals surface area (Å²) in [6.07, 6.45) is 5.65. The van der Waals surface area contributed by atoms with Gasteiger partial charge in [0, 0.05) is 44.0 Å². The first-order valence-electron chi connectivity index (χ1n) is 10.3. The second-order valence-electron chi connectivity index (χ2n) is 8.02. The number of nitrogens with zero attached hydrogens (tertiary/aromatic N) is 5. The molecule has 7 heteroatoms. The summed E-state index contributed by atoms with van der Waals surface area (Å²) in [6.45, 7) is 6.25. The van der Waals surface area contributed by atoms with Gasteiger partial charge >= 0.3 is 0 Å². The van der Waals surface area contributed by atoms with Gasteiger partial charge in [0.2, 0.25) is 0 Å². The SMILES string of the molecule is C[C@@H](O)c1cn(CC2CCN(C(=O)c3ccc(N4CCCC4)cc3)CC2)nn1. The molecule has 2 fully saturated rings. The first kappa shape index (κ1) is 18.9. The molecule has 1 N–H and O–H groups in total. The van der Waals surface area contributed by atoms with Crippen molar-refractivity contribution in [2.45, 2.75) is 45.3 Å². The number of anilines is 1. The normalized spacial score (nSPS) is 19.2. The second kappa shape index (κ2) is 8.31. The molecule has 3 heterocycles. The zero-order valence-corrected chi connectivity index (χ0v) is 16.5. The summed E-state index contributed by atoms with van der Waals surface area (Å²) >= 11 is 0. The molecule has 7 nitrogen and oxygen atoms in total. The third kappa shape index (κ3) is 4.19. The molecule has 1 aromatic heterocycles. The number of carbonyl (C=O) groups excluding carboxylic acids is 1. The lowest BCUT2D eigenvalue weighted by molar-refractivity contribution is 0.0681. The van der Waals surface area contributed by atoms with Gasteiger partial charge in [0.15, 0.2) is 0 Å². The molecule has 0 bridgehead atoms. The average Bonchev–Trinajstić information content (AvgIpc) is 3.40. The molecule has 2 aliphatic heterocycles. The van der Waals surface area contributed by atoms with Gasteiger partial charge in [0.25, 0.3) is 5.91 Å². The van der Waals surface area contributed by atoms with E-state index in [0.29, 0.717) is 11.6 Å². The second-order valence-corrected chi connectivity index (χ2v) is 8.02. The number of amides is 1. The number of aliphatic hydroxyl groups is 1. The van der Waals surface area contributed by atoms with Gasteiger partial charge in [0.1, 0.15) is 5.69 Å². The molecule has 2 aromatic rings. The molecule has 1 atom stereocenters. The summed E-state index contributed by atoms with van der Waals surface area (Å²) < 4.78 is 1.81. The molecule has 0 saturated carbocycles. The summed E-state index contributed by atoms with van der Waals surface area (Å²) in [4.78, 5) is 17.2. The van der Waals surface area contributed by atoms with Crippen molar-refractivity contribution in [1.82, 2.24) is 19.9 Å². The van der Waals surface area contributed by atoms with Crippen LogP contribution in [-0.4, -0.2) is 57.1 Å². The number of hydrogen-bond donors (Lipinski definition) is 1. The molecule has 150 valence electrons. The van der Waals surface area contributed by atoms with Gasteiger partial charge in [0.05, 0.1) is 12.3 Å². The molecule has 2 saturated heterocycles. The van der Waals surface area contributed by atoms with Gasteiger partial charge in [-0.05, 0) is 62.8 Å². The highest BCUT2D eigenvalue weighted by atomic mass is 16.3. The number of aliphatic hydroxyl groups excluding tert-OH is 1. The van der Waals surface area contributed by atoms with E-state index in [1.165, 1.54) is 18.5 Å². The largest absolute Gasteiger partial charge is 0.387 e. The summed E-state index contributed by atoms with van der Waals surface area (Å²) in [5.41, 5.74) is 2.60. The number of benzene rings is 1. The van der Waals surface area contributed by atoms with Gasteiger partial charge in [-0.3, -0.25) is 9.48 Å². The summed E-state index contributed by atoms with van der Waals surface area (Å²) in [6, 6.07) is 8.09. The molecule has 0 aliphatic carbocycles. The smallest absolute Gasteiger partial charge is 0.253 e. The monoisotopic (exact) mass is 383 g/mol. The van der Waals surface area contributed by atoms with E-state index in [-0.39, 0.29) is 5.91 Å². The first-order valence-corrected chi connectivity index (χ1v) is 10.3. The fourth-order valence-corrected chi connectivity index (χ4v) is 4.15. The van der Waals surface area contributed by atoms with Crippen molar-refractivity contribution in [1.29, 1.82) is 0 Å². The molecule has 0 radical (unpaired) electrons. The van der Waals surface area contributed by atoms with Crippen molar-refractivity contribution >= 4 is 11.6 Å². The van der Waals surface area contributed by atoms with Crippen LogP contribution in [0.1, 0.15) is 54.8 Å². The highest BCUT2D eigenvalue weighted by Crippen LogP contribution is 2.23. The van der Waals surface area contributed by atoms with Crippen LogP contribution in [0.4, 0.5) is 5.69 Å². The van der Waals surface area contributed by atoms with Crippen molar-refractivity contribution in [2.75, 3.05) is 31.1 Å². The molecule has 2 aliphatic rings. The van der Waals surface area contributed by atoms with E-state index in [9.17, 15) is 9.90 Å². The van der Waals surface area contributed by atoms with Crippen molar-refractivity contribution in [3.63, 3.8) is 0 Å². The number of likely N-dealkylation sites (tertiary alicyclic amines) is 1. The van der Waals surface area contributed by atoms with Gasteiger partial charge in [-0.15, -0.1) is 5.10 Å². The number of piperidine rings is 1. The van der Waals surface area contributed by atoms with Crippen molar-refractivity contribution < 1.29 is 9.90 Å². The van der Waals surface area contributed by atoms with E-state index < -0.39 is 6.10 Å². The maximum atomic E-state index is 12.8. The lowest BCUT2D eigenvalue weighted by Crippen LogP contribution is -2.39. The zero-order valence-electron chi connectivity index (χ0n) is 16.5. The highest BCUT2D eigenvalue weighted by molar-refractivity contribution is 5.94. The molecule has 4 rings (SSSR count). The van der Waals surface area contributed by atoms with Crippen molar-refractivity contribution in [3.05, 3.63) is 41.7 Å². The van der Waals surface area contributed by atoms with Crippen molar-refractivity contribution in [3.8, 4) is 0 Å². The Hall–Kier alpha value is -2.41. The van der Waals surface area contributed by atoms with Crippen LogP contribution >= 0.6 is 0 Å². The number of aromatic nitrogens is 3. The van der Waals surface area contributed by atoms with E-state index in [1.807, 2.05) is 23.2 Å². The molecule has 1 amide bonds. The van der Waals surface area contributed by atoms with Crippen LogP contribution in [0.15, 0.2) is 30.5 Å². The van der Waals surface area contributed by atoms with Crippen LogP contribution < -0.4 is 4.90 Å². The van der Waals surface area contributed by atoms with Crippen molar-refractivity contribution in [2.24, 2.45) is 5.92 Å². The highest BCUT2D eigenvalue weighted by Gasteiger charge is 2.24. The molecule has 0 unspecified atom stereocenters. The Bertz CT molecular complexity index is 787. The summed E-state index contributed by atoms with van der Waals surface area (Å²) in [5.74, 6) is 0.605. The van der Waals surface area contributed by atoms with Crippen LogP contribution in [0.3, 0.4) is 0 Å². The van der Waals surface area contributed by atoms with E-state index in [4.69, 9.17) is 0 Å². The molecule has 0 spiro atoms. The Kier molecular flexibility index (Phi) is 5.62. The first-order chi connectivity index (χ1) is 13.6. The minimum Gasteiger partial charge on any atom is -0.387 e. The van der Waals surface area contributed by atoms with Gasteiger partial charge in [-0.2, -0.15) is 0 Å². The van der Waals surface area contributed by atoms with E-state index in [2.05, 4.69) is 27.3 Å². The lowest BCUT2D eigenvalue weighted by atomic mass is 9.96. The predicted octanol–water partition coefficient (Wildman–Crippen LogP) is 2.48. The Labute approximate surface area is 165 Å². The van der Waals surface area contributed by atoms with Gasteiger partial charge in [-0.25, -0.2) is 0 Å². The number of rotatable bonds is 5. The zero-order chi connectivity index (χ0) is 19.5. The standard InChI is InChI=1S/C21H29N5O2/c1-16(27)20-15-26(23-22-20)14-17-8-12-25(13-9-17)21(28)18-4-6-19(7-5-18)24-10-2-3-11-24/h4-7,15-17,27H,2-3,8-14H2,1H3/t16-/m1/s1. The lowest BCUT2D eigenvalue weighted by Gasteiger charge is -2.32. The topological polar surface area (TPSA) is 74.5 Å². The quantitative estimate of drug-likeness (QED) is 0.859. The maximum Gasteiger partial charge on any atom is 0.253 e. The molecule has 1 aromatic carbocycles. The Morgan fingerprint density at radius 3 is 2.43 bits per heavy atom. The van der Waals surface area contributed by atoms with Gasteiger partial charge < -0.3 is 14.9 Å². The third-order valence-corrected chi connectivity index (χ3v) is 5.92.